The number of aliphatic hydroxyl groups is 2. The molecular weight excluding hydrogens is 461 g/mol. The molecule has 0 saturated heterocycles. The van der Waals surface area contributed by atoms with Crippen LogP contribution in [0.1, 0.15) is 43.9 Å². The van der Waals surface area contributed by atoms with Crippen molar-refractivity contribution >= 4 is 22.9 Å². The molecule has 2 aromatic heterocycles. The number of aromatic nitrogens is 3. The predicted octanol–water partition coefficient (Wildman–Crippen LogP) is 4.95. The number of carbonyl (C=O) groups is 1. The SMILES string of the molecule is CC(C)c1nn(-c2ccc3ccccc3n2)c(-c2ccc(F)cc2)c1/C=C/[C@@H](O)C[C@@H](O)CC(=O)O. The molecule has 8 heteroatoms. The fourth-order valence-corrected chi connectivity index (χ4v) is 4.11. The third-order valence-electron chi connectivity index (χ3n) is 5.82. The number of fused-ring (bicyclic) bond motifs is 1. The second kappa shape index (κ2) is 10.8. The van der Waals surface area contributed by atoms with Crippen LogP contribution in [-0.2, 0) is 4.79 Å². The number of nitrogens with zero attached hydrogens (tertiary/aromatic N) is 3. The molecule has 0 aliphatic carbocycles. The molecule has 0 radical (unpaired) electrons. The summed E-state index contributed by atoms with van der Waals surface area (Å²) in [5.41, 5.74) is 3.67. The molecule has 186 valence electrons. The quantitative estimate of drug-likeness (QED) is 0.307. The first kappa shape index (κ1) is 25.2. The van der Waals surface area contributed by atoms with E-state index in [0.717, 1.165) is 22.2 Å². The summed E-state index contributed by atoms with van der Waals surface area (Å²) in [6.07, 6.45) is 0.423. The van der Waals surface area contributed by atoms with Crippen molar-refractivity contribution in [1.29, 1.82) is 0 Å². The number of hydrogen-bond acceptors (Lipinski definition) is 5. The minimum Gasteiger partial charge on any atom is -0.481 e. The molecule has 0 aliphatic heterocycles. The second-order valence-corrected chi connectivity index (χ2v) is 9.00. The van der Waals surface area contributed by atoms with E-state index in [2.05, 4.69) is 0 Å². The highest BCUT2D eigenvalue weighted by atomic mass is 19.1. The Morgan fingerprint density at radius 3 is 2.47 bits per heavy atom. The van der Waals surface area contributed by atoms with Gasteiger partial charge in [0.05, 0.1) is 35.5 Å². The Balaban J connectivity index is 1.84. The van der Waals surface area contributed by atoms with E-state index in [9.17, 15) is 19.4 Å². The number of hydrogen-bond donors (Lipinski definition) is 3. The third-order valence-corrected chi connectivity index (χ3v) is 5.82. The van der Waals surface area contributed by atoms with Gasteiger partial charge in [0.25, 0.3) is 0 Å². The molecule has 0 amide bonds. The number of para-hydroxylation sites is 1. The molecular formula is C28H28FN3O4. The van der Waals surface area contributed by atoms with Crippen LogP contribution in [0, 0.1) is 5.82 Å². The van der Waals surface area contributed by atoms with Gasteiger partial charge in [0.1, 0.15) is 5.82 Å². The lowest BCUT2D eigenvalue weighted by Gasteiger charge is -2.12. The van der Waals surface area contributed by atoms with E-state index in [1.54, 1.807) is 22.9 Å². The average molecular weight is 490 g/mol. The summed E-state index contributed by atoms with van der Waals surface area (Å²) in [7, 11) is 0. The first-order chi connectivity index (χ1) is 17.2. The van der Waals surface area contributed by atoms with Crippen molar-refractivity contribution in [2.24, 2.45) is 0 Å². The summed E-state index contributed by atoms with van der Waals surface area (Å²) < 4.78 is 15.5. The Bertz CT molecular complexity index is 1400. The zero-order chi connectivity index (χ0) is 25.8. The molecule has 0 aliphatic rings. The molecule has 2 atom stereocenters. The van der Waals surface area contributed by atoms with Crippen LogP contribution in [-0.4, -0.2) is 48.3 Å². The summed E-state index contributed by atoms with van der Waals surface area (Å²) in [6.45, 7) is 4.00. The Morgan fingerprint density at radius 2 is 1.78 bits per heavy atom. The van der Waals surface area contributed by atoms with E-state index in [1.165, 1.54) is 18.2 Å². The minimum absolute atomic E-state index is 0.0142. The van der Waals surface area contributed by atoms with E-state index >= 15 is 0 Å². The Labute approximate surface area is 208 Å². The van der Waals surface area contributed by atoms with Crippen molar-refractivity contribution in [3.8, 4) is 17.1 Å². The summed E-state index contributed by atoms with van der Waals surface area (Å²) in [4.78, 5) is 15.6. The minimum atomic E-state index is -1.17. The maximum absolute atomic E-state index is 13.8. The highest BCUT2D eigenvalue weighted by Gasteiger charge is 2.22. The monoisotopic (exact) mass is 489 g/mol. The first-order valence-electron chi connectivity index (χ1n) is 11.7. The number of aliphatic carboxylic acids is 1. The first-order valence-corrected chi connectivity index (χ1v) is 11.7. The van der Waals surface area contributed by atoms with E-state index in [4.69, 9.17) is 15.2 Å². The molecule has 0 bridgehead atoms. The lowest BCUT2D eigenvalue weighted by Crippen LogP contribution is -2.19. The Kier molecular flexibility index (Phi) is 7.57. The van der Waals surface area contributed by atoms with Gasteiger partial charge in [-0.25, -0.2) is 14.1 Å². The van der Waals surface area contributed by atoms with Gasteiger partial charge in [-0.05, 0) is 48.4 Å². The summed E-state index contributed by atoms with van der Waals surface area (Å²) in [5, 5.41) is 35.0. The summed E-state index contributed by atoms with van der Waals surface area (Å²) in [6, 6.07) is 17.7. The van der Waals surface area contributed by atoms with Crippen LogP contribution in [0.5, 0.6) is 0 Å². The molecule has 0 unspecified atom stereocenters. The molecule has 3 N–H and O–H groups in total. The van der Waals surface area contributed by atoms with Crippen LogP contribution in [0.4, 0.5) is 4.39 Å². The van der Waals surface area contributed by atoms with Gasteiger partial charge in [-0.15, -0.1) is 0 Å². The van der Waals surface area contributed by atoms with Crippen LogP contribution in [0.25, 0.3) is 34.1 Å². The van der Waals surface area contributed by atoms with E-state index in [0.29, 0.717) is 17.1 Å². The van der Waals surface area contributed by atoms with Gasteiger partial charge in [-0.3, -0.25) is 4.79 Å². The molecule has 2 aromatic carbocycles. The number of carboxylic acids is 1. The normalized spacial score (nSPS) is 13.5. The Hall–Kier alpha value is -3.88. The van der Waals surface area contributed by atoms with Gasteiger partial charge < -0.3 is 15.3 Å². The zero-order valence-corrected chi connectivity index (χ0v) is 20.0. The molecule has 0 spiro atoms. The van der Waals surface area contributed by atoms with Gasteiger partial charge in [-0.1, -0.05) is 44.2 Å². The predicted molar refractivity (Wildman–Crippen MR) is 136 cm³/mol. The van der Waals surface area contributed by atoms with Crippen LogP contribution in [0.2, 0.25) is 0 Å². The lowest BCUT2D eigenvalue weighted by molar-refractivity contribution is -0.139. The van der Waals surface area contributed by atoms with E-state index in [-0.39, 0.29) is 18.2 Å². The number of benzene rings is 2. The molecule has 36 heavy (non-hydrogen) atoms. The third kappa shape index (κ3) is 5.67. The summed E-state index contributed by atoms with van der Waals surface area (Å²) >= 11 is 0. The van der Waals surface area contributed by atoms with Crippen LogP contribution in [0.15, 0.2) is 66.7 Å². The largest absolute Gasteiger partial charge is 0.481 e. The zero-order valence-electron chi connectivity index (χ0n) is 20.0. The van der Waals surface area contributed by atoms with Crippen molar-refractivity contribution < 1.29 is 24.5 Å². The molecule has 0 saturated carbocycles. The van der Waals surface area contributed by atoms with Gasteiger partial charge in [-0.2, -0.15) is 5.10 Å². The van der Waals surface area contributed by atoms with Crippen LogP contribution < -0.4 is 0 Å². The molecule has 7 nitrogen and oxygen atoms in total. The van der Waals surface area contributed by atoms with Crippen molar-refractivity contribution in [2.75, 3.05) is 0 Å². The number of halogens is 1. The van der Waals surface area contributed by atoms with Crippen molar-refractivity contribution in [3.05, 3.63) is 83.8 Å². The average Bonchev–Trinajstić information content (AvgIpc) is 3.22. The van der Waals surface area contributed by atoms with Crippen molar-refractivity contribution in [3.63, 3.8) is 0 Å². The topological polar surface area (TPSA) is 108 Å². The molecule has 0 fully saturated rings. The molecule has 2 heterocycles. The maximum Gasteiger partial charge on any atom is 0.305 e. The maximum atomic E-state index is 13.8. The van der Waals surface area contributed by atoms with Gasteiger partial charge in [0.2, 0.25) is 0 Å². The number of pyridine rings is 1. The number of rotatable bonds is 9. The number of carboxylic acid groups (broad SMARTS) is 1. The fraction of sp³-hybridized carbons (Fsp3) is 0.250. The van der Waals surface area contributed by atoms with Crippen LogP contribution in [0.3, 0.4) is 0 Å². The molecule has 4 rings (SSSR count). The number of aliphatic hydroxyl groups excluding tert-OH is 2. The lowest BCUT2D eigenvalue weighted by atomic mass is 9.98. The van der Waals surface area contributed by atoms with Crippen LogP contribution >= 0.6 is 0 Å². The van der Waals surface area contributed by atoms with E-state index < -0.39 is 24.6 Å². The van der Waals surface area contributed by atoms with E-state index in [1.807, 2.05) is 50.2 Å². The van der Waals surface area contributed by atoms with Gasteiger partial charge >= 0.3 is 5.97 Å². The van der Waals surface area contributed by atoms with Gasteiger partial charge in [0, 0.05) is 22.9 Å². The highest BCUT2D eigenvalue weighted by molar-refractivity contribution is 5.80. The van der Waals surface area contributed by atoms with Gasteiger partial charge in [0.15, 0.2) is 5.82 Å². The highest BCUT2D eigenvalue weighted by Crippen LogP contribution is 2.34. The molecule has 4 aromatic rings. The second-order valence-electron chi connectivity index (χ2n) is 9.00. The smallest absolute Gasteiger partial charge is 0.305 e. The summed E-state index contributed by atoms with van der Waals surface area (Å²) in [5.74, 6) is -0.895. The fourth-order valence-electron chi connectivity index (χ4n) is 4.11. The van der Waals surface area contributed by atoms with Crippen molar-refractivity contribution in [2.45, 2.75) is 44.8 Å². The standard InChI is InChI=1S/C28H28FN3O4/c1-17(2)27-23(13-12-21(33)15-22(34)16-26(35)36)28(19-7-10-20(29)11-8-19)32(31-27)25-14-9-18-5-3-4-6-24(18)30-25/h3-14,17,21-22,33-34H,15-16H2,1-2H3,(H,35,36)/b13-12+/t21-,22-/m1/s1. The Morgan fingerprint density at radius 1 is 1.06 bits per heavy atom. The van der Waals surface area contributed by atoms with Crippen molar-refractivity contribution in [1.82, 2.24) is 14.8 Å².